The monoisotopic (exact) mass is 424 g/mol. The van der Waals surface area contributed by atoms with Gasteiger partial charge in [-0.25, -0.2) is 9.67 Å². The highest BCUT2D eigenvalue weighted by molar-refractivity contribution is 7.18. The highest BCUT2D eigenvalue weighted by Gasteiger charge is 2.60. The van der Waals surface area contributed by atoms with Crippen molar-refractivity contribution >= 4 is 38.7 Å². The smallest absolute Gasteiger partial charge is 0.384 e. The first-order chi connectivity index (χ1) is 13.2. The number of benzene rings is 1. The maximum absolute atomic E-state index is 14.0. The van der Waals surface area contributed by atoms with Gasteiger partial charge in [0.1, 0.15) is 10.8 Å². The van der Waals surface area contributed by atoms with Gasteiger partial charge >= 0.3 is 6.18 Å². The molecule has 0 saturated heterocycles. The number of anilines is 1. The van der Waals surface area contributed by atoms with Gasteiger partial charge in [-0.2, -0.15) is 18.3 Å². The number of hydrogen-bond donors (Lipinski definition) is 2. The number of aliphatic hydroxyl groups is 1. The van der Waals surface area contributed by atoms with E-state index < -0.39 is 22.3 Å². The lowest BCUT2D eigenvalue weighted by molar-refractivity contribution is -0.248. The quantitative estimate of drug-likeness (QED) is 0.512. The molecule has 146 valence electrons. The minimum Gasteiger partial charge on any atom is -0.384 e. The van der Waals surface area contributed by atoms with Crippen molar-refractivity contribution in [3.63, 3.8) is 0 Å². The van der Waals surface area contributed by atoms with E-state index in [1.54, 1.807) is 24.3 Å². The Balaban J connectivity index is 1.82. The molecule has 4 rings (SSSR count). The van der Waals surface area contributed by atoms with E-state index in [2.05, 4.69) is 10.1 Å². The Kier molecular flexibility index (Phi) is 4.44. The highest BCUT2D eigenvalue weighted by atomic mass is 32.1. The fourth-order valence-electron chi connectivity index (χ4n) is 2.93. The summed E-state index contributed by atoms with van der Waals surface area (Å²) < 4.78 is 43.9. The molecule has 5 nitrogen and oxygen atoms in total. The highest BCUT2D eigenvalue weighted by Crippen LogP contribution is 2.48. The Bertz CT molecular complexity index is 1110. The minimum absolute atomic E-state index is 0.220. The summed E-state index contributed by atoms with van der Waals surface area (Å²) in [5.74, 6) is -0.245. The minimum atomic E-state index is -5.03. The van der Waals surface area contributed by atoms with Crippen LogP contribution in [0.4, 0.5) is 19.0 Å². The van der Waals surface area contributed by atoms with Crippen molar-refractivity contribution in [3.8, 4) is 0 Å². The second-order valence-corrected chi connectivity index (χ2v) is 8.71. The Hall–Kier alpha value is -2.43. The molecule has 3 heterocycles. The number of rotatable bonds is 4. The second kappa shape index (κ2) is 6.57. The largest absolute Gasteiger partial charge is 0.428 e. The van der Waals surface area contributed by atoms with Gasteiger partial charge in [-0.15, -0.1) is 22.7 Å². The Morgan fingerprint density at radius 2 is 1.89 bits per heavy atom. The molecular weight excluding hydrogens is 409 g/mol. The molecule has 4 aromatic rings. The van der Waals surface area contributed by atoms with E-state index in [4.69, 9.17) is 5.73 Å². The standard InChI is InChI=1S/C18H15F3N4OS2/c1-10-6-7-11(27-10)9-25-15(22)12(8-23-25)17(26,18(19,20)21)16-24-13-4-2-3-5-14(13)28-16/h2-8,26H,9,22H2,1H3/t17-/m0/s1. The van der Waals surface area contributed by atoms with Crippen molar-refractivity contribution in [2.24, 2.45) is 0 Å². The molecular formula is C18H15F3N4OS2. The molecule has 0 unspecified atom stereocenters. The predicted molar refractivity (Wildman–Crippen MR) is 103 cm³/mol. The van der Waals surface area contributed by atoms with E-state index in [0.29, 0.717) is 10.2 Å². The summed E-state index contributed by atoms with van der Waals surface area (Å²) >= 11 is 2.28. The zero-order chi connectivity index (χ0) is 20.1. The van der Waals surface area contributed by atoms with Crippen LogP contribution in [0.25, 0.3) is 10.2 Å². The number of fused-ring (bicyclic) bond motifs is 1. The number of thiazole rings is 1. The SMILES string of the molecule is Cc1ccc(Cn2ncc([C@](O)(c3nc4ccccc4s3)C(F)(F)F)c2N)s1. The predicted octanol–water partition coefficient (Wildman–Crippen LogP) is 4.29. The van der Waals surface area contributed by atoms with Crippen molar-refractivity contribution in [1.29, 1.82) is 0 Å². The molecule has 0 spiro atoms. The van der Waals surface area contributed by atoms with E-state index in [1.807, 2.05) is 19.1 Å². The van der Waals surface area contributed by atoms with Crippen LogP contribution in [0.1, 0.15) is 20.3 Å². The Labute approximate surface area is 165 Å². The Morgan fingerprint density at radius 3 is 2.54 bits per heavy atom. The van der Waals surface area contributed by atoms with Crippen LogP contribution in [0.5, 0.6) is 0 Å². The molecule has 3 N–H and O–H groups in total. The van der Waals surface area contributed by atoms with Gasteiger partial charge in [-0.05, 0) is 31.2 Å². The first-order valence-corrected chi connectivity index (χ1v) is 9.85. The number of para-hydroxylation sites is 1. The molecule has 0 aliphatic carbocycles. The first kappa shape index (κ1) is 18.9. The topological polar surface area (TPSA) is 77.0 Å². The summed E-state index contributed by atoms with van der Waals surface area (Å²) in [6.07, 6.45) is -4.06. The number of aromatic nitrogens is 3. The third-order valence-corrected chi connectivity index (χ3v) is 6.52. The summed E-state index contributed by atoms with van der Waals surface area (Å²) in [4.78, 5) is 5.99. The van der Waals surface area contributed by atoms with Crippen LogP contribution in [0.2, 0.25) is 0 Å². The molecule has 3 aromatic heterocycles. The summed E-state index contributed by atoms with van der Waals surface area (Å²) in [6, 6.07) is 10.4. The van der Waals surface area contributed by atoms with Gasteiger partial charge < -0.3 is 10.8 Å². The van der Waals surface area contributed by atoms with Gasteiger partial charge in [0.2, 0.25) is 5.60 Å². The van der Waals surface area contributed by atoms with Gasteiger partial charge in [0.05, 0.1) is 28.5 Å². The van der Waals surface area contributed by atoms with E-state index in [9.17, 15) is 18.3 Å². The second-order valence-electron chi connectivity index (χ2n) is 6.31. The summed E-state index contributed by atoms with van der Waals surface area (Å²) in [5.41, 5.74) is 2.51. The fourth-order valence-corrected chi connectivity index (χ4v) is 4.90. The van der Waals surface area contributed by atoms with Crippen LogP contribution in [0.3, 0.4) is 0 Å². The Morgan fingerprint density at radius 1 is 1.14 bits per heavy atom. The van der Waals surface area contributed by atoms with Crippen LogP contribution in [0, 0.1) is 6.92 Å². The van der Waals surface area contributed by atoms with E-state index in [0.717, 1.165) is 27.3 Å². The molecule has 1 aromatic carbocycles. The lowest BCUT2D eigenvalue weighted by atomic mass is 9.96. The van der Waals surface area contributed by atoms with Crippen LogP contribution >= 0.6 is 22.7 Å². The van der Waals surface area contributed by atoms with Crippen molar-refractivity contribution in [2.75, 3.05) is 5.73 Å². The zero-order valence-electron chi connectivity index (χ0n) is 14.6. The molecule has 0 saturated carbocycles. The molecule has 0 amide bonds. The van der Waals surface area contributed by atoms with E-state index in [-0.39, 0.29) is 12.4 Å². The fraction of sp³-hybridized carbons (Fsp3) is 0.222. The molecule has 28 heavy (non-hydrogen) atoms. The van der Waals surface area contributed by atoms with E-state index in [1.165, 1.54) is 16.0 Å². The molecule has 0 fully saturated rings. The lowest BCUT2D eigenvalue weighted by Gasteiger charge is -2.28. The number of nitrogens with zero attached hydrogens (tertiary/aromatic N) is 3. The number of thiophene rings is 1. The summed E-state index contributed by atoms with van der Waals surface area (Å²) in [7, 11) is 0. The number of aryl methyl sites for hydroxylation is 1. The third-order valence-electron chi connectivity index (χ3n) is 4.39. The van der Waals surface area contributed by atoms with Gasteiger partial charge in [0.25, 0.3) is 0 Å². The molecule has 10 heteroatoms. The molecule has 0 aliphatic heterocycles. The normalized spacial score (nSPS) is 14.5. The third kappa shape index (κ3) is 2.97. The van der Waals surface area contributed by atoms with Crippen molar-refractivity contribution in [3.05, 3.63) is 62.9 Å². The average Bonchev–Trinajstić information content (AvgIpc) is 3.33. The molecule has 1 atom stereocenters. The van der Waals surface area contributed by atoms with Crippen LogP contribution in [0.15, 0.2) is 42.6 Å². The van der Waals surface area contributed by atoms with Crippen molar-refractivity contribution < 1.29 is 18.3 Å². The summed E-state index contributed by atoms with van der Waals surface area (Å²) in [6.45, 7) is 2.15. The van der Waals surface area contributed by atoms with Gasteiger partial charge in [-0.3, -0.25) is 0 Å². The lowest BCUT2D eigenvalue weighted by Crippen LogP contribution is -2.43. The van der Waals surface area contributed by atoms with Crippen LogP contribution < -0.4 is 5.73 Å². The zero-order valence-corrected chi connectivity index (χ0v) is 16.2. The molecule has 0 radical (unpaired) electrons. The maximum atomic E-state index is 14.0. The molecule has 0 bridgehead atoms. The first-order valence-electron chi connectivity index (χ1n) is 8.22. The van der Waals surface area contributed by atoms with Crippen LogP contribution in [-0.2, 0) is 12.1 Å². The molecule has 0 aliphatic rings. The van der Waals surface area contributed by atoms with Gasteiger partial charge in [-0.1, -0.05) is 12.1 Å². The number of hydrogen-bond acceptors (Lipinski definition) is 6. The van der Waals surface area contributed by atoms with E-state index >= 15 is 0 Å². The average molecular weight is 424 g/mol. The number of nitrogen functional groups attached to an aromatic ring is 1. The van der Waals surface area contributed by atoms with Crippen molar-refractivity contribution in [1.82, 2.24) is 14.8 Å². The van der Waals surface area contributed by atoms with Gasteiger partial charge in [0.15, 0.2) is 0 Å². The summed E-state index contributed by atoms with van der Waals surface area (Å²) in [5, 5.41) is 14.4. The number of halogens is 3. The maximum Gasteiger partial charge on any atom is 0.428 e. The number of nitrogens with two attached hydrogens (primary N) is 1. The number of alkyl halides is 3. The van der Waals surface area contributed by atoms with Crippen LogP contribution in [-0.4, -0.2) is 26.0 Å². The van der Waals surface area contributed by atoms with Gasteiger partial charge in [0, 0.05) is 9.75 Å². The van der Waals surface area contributed by atoms with Crippen molar-refractivity contribution in [2.45, 2.75) is 25.2 Å².